The summed E-state index contributed by atoms with van der Waals surface area (Å²) in [6, 6.07) is 8.72. The number of aromatic nitrogens is 1. The van der Waals surface area contributed by atoms with Gasteiger partial charge in [0.25, 0.3) is 0 Å². The Labute approximate surface area is 131 Å². The molecule has 0 saturated carbocycles. The summed E-state index contributed by atoms with van der Waals surface area (Å²) < 4.78 is 4.53. The maximum Gasteiger partial charge on any atom is 0.314 e. The number of aliphatic hydroxyl groups excluding tert-OH is 1. The second kappa shape index (κ2) is 7.62. The van der Waals surface area contributed by atoms with Crippen LogP contribution in [0.25, 0.3) is 0 Å². The lowest BCUT2D eigenvalue weighted by molar-refractivity contribution is -0.136. The summed E-state index contributed by atoms with van der Waals surface area (Å²) in [6.45, 7) is -0.0658. The molecule has 3 N–H and O–H groups in total. The molecule has 116 valence electrons. The first kappa shape index (κ1) is 16.1. The van der Waals surface area contributed by atoms with E-state index in [0.29, 0.717) is 5.56 Å². The van der Waals surface area contributed by atoms with Gasteiger partial charge < -0.3 is 14.9 Å². The van der Waals surface area contributed by atoms with Crippen LogP contribution in [-0.2, 0) is 9.59 Å². The zero-order chi connectivity index (χ0) is 15.9. The third-order valence-electron chi connectivity index (χ3n) is 2.84. The van der Waals surface area contributed by atoms with Crippen LogP contribution < -0.4 is 10.6 Å². The molecule has 0 radical (unpaired) electrons. The monoisotopic (exact) mass is 321 g/mol. The zero-order valence-electron chi connectivity index (χ0n) is 11.8. The van der Waals surface area contributed by atoms with Crippen molar-refractivity contribution in [3.63, 3.8) is 0 Å². The van der Waals surface area contributed by atoms with E-state index in [-0.39, 0.29) is 12.4 Å². The molecule has 0 unspecified atom stereocenters. The molecular weight excluding hydrogens is 306 g/mol. The van der Waals surface area contributed by atoms with Gasteiger partial charge in [-0.2, -0.15) is 0 Å². The number of nitrogens with zero attached hydrogens (tertiary/aromatic N) is 1. The van der Waals surface area contributed by atoms with E-state index >= 15 is 0 Å². The Balaban J connectivity index is 1.83. The van der Waals surface area contributed by atoms with Crippen LogP contribution in [0, 0.1) is 0 Å². The maximum atomic E-state index is 11.6. The van der Waals surface area contributed by atoms with E-state index in [9.17, 15) is 14.7 Å². The summed E-state index contributed by atoms with van der Waals surface area (Å²) in [5.41, 5.74) is 0.662. The van der Waals surface area contributed by atoms with Crippen LogP contribution in [0.2, 0.25) is 0 Å². The normalized spacial score (nSPS) is 11.7. The number of thioether (sulfide) groups is 1. The number of aliphatic hydroxyl groups is 1. The lowest BCUT2D eigenvalue weighted by Crippen LogP contribution is -2.37. The molecule has 0 bridgehead atoms. The Hall–Kier alpha value is -2.32. The van der Waals surface area contributed by atoms with Crippen molar-refractivity contribution in [1.82, 2.24) is 10.5 Å². The van der Waals surface area contributed by atoms with Crippen molar-refractivity contribution in [2.75, 3.05) is 18.1 Å². The maximum absolute atomic E-state index is 11.6. The van der Waals surface area contributed by atoms with Crippen molar-refractivity contribution in [1.29, 1.82) is 0 Å². The summed E-state index contributed by atoms with van der Waals surface area (Å²) in [7, 11) is 0. The van der Waals surface area contributed by atoms with Gasteiger partial charge >= 0.3 is 11.8 Å². The Morgan fingerprint density at radius 3 is 2.59 bits per heavy atom. The number of benzene rings is 1. The van der Waals surface area contributed by atoms with E-state index in [4.69, 9.17) is 0 Å². The molecule has 0 saturated heterocycles. The highest BCUT2D eigenvalue weighted by molar-refractivity contribution is 7.98. The molecular formula is C14H15N3O4S. The van der Waals surface area contributed by atoms with Crippen LogP contribution in [0.1, 0.15) is 11.7 Å². The fraction of sp³-hybridized carbons (Fsp3) is 0.214. The third kappa shape index (κ3) is 4.34. The highest BCUT2D eigenvalue weighted by atomic mass is 32.2. The predicted octanol–water partition coefficient (Wildman–Crippen LogP) is 1.18. The zero-order valence-corrected chi connectivity index (χ0v) is 12.6. The van der Waals surface area contributed by atoms with Crippen molar-refractivity contribution in [2.45, 2.75) is 11.0 Å². The van der Waals surface area contributed by atoms with E-state index in [1.807, 2.05) is 18.4 Å². The van der Waals surface area contributed by atoms with Crippen LogP contribution >= 0.6 is 11.8 Å². The van der Waals surface area contributed by atoms with E-state index in [0.717, 1.165) is 4.90 Å². The number of anilines is 1. The van der Waals surface area contributed by atoms with E-state index in [1.165, 1.54) is 12.3 Å². The van der Waals surface area contributed by atoms with E-state index < -0.39 is 17.9 Å². The molecule has 0 aliphatic carbocycles. The second-order valence-corrected chi connectivity index (χ2v) is 5.22. The Morgan fingerprint density at radius 1 is 1.27 bits per heavy atom. The Morgan fingerprint density at radius 2 is 2.00 bits per heavy atom. The van der Waals surface area contributed by atoms with Crippen molar-refractivity contribution in [3.05, 3.63) is 42.2 Å². The first-order chi connectivity index (χ1) is 10.6. The molecule has 22 heavy (non-hydrogen) atoms. The molecule has 1 aromatic carbocycles. The lowest BCUT2D eigenvalue weighted by atomic mass is 10.1. The second-order valence-electron chi connectivity index (χ2n) is 4.34. The molecule has 1 aromatic heterocycles. The average Bonchev–Trinajstić information content (AvgIpc) is 3.05. The summed E-state index contributed by atoms with van der Waals surface area (Å²) in [5, 5.41) is 18.1. The first-order valence-corrected chi connectivity index (χ1v) is 7.64. The fourth-order valence-electron chi connectivity index (χ4n) is 1.66. The molecule has 0 fully saturated rings. The quantitative estimate of drug-likeness (QED) is 0.564. The van der Waals surface area contributed by atoms with Gasteiger partial charge in [0.2, 0.25) is 0 Å². The smallest absolute Gasteiger partial charge is 0.314 e. The molecule has 0 aliphatic rings. The number of rotatable bonds is 5. The molecule has 2 aromatic rings. The molecule has 1 atom stereocenters. The van der Waals surface area contributed by atoms with Crippen molar-refractivity contribution in [2.24, 2.45) is 0 Å². The van der Waals surface area contributed by atoms with Gasteiger partial charge in [-0.25, -0.2) is 0 Å². The van der Waals surface area contributed by atoms with Gasteiger partial charge in [-0.05, 0) is 24.0 Å². The predicted molar refractivity (Wildman–Crippen MR) is 81.3 cm³/mol. The SMILES string of the molecule is CSc1ccc([C@H](O)CNC(=O)C(=O)Nc2ccon2)cc1. The minimum absolute atomic E-state index is 0.0658. The molecule has 1 heterocycles. The lowest BCUT2D eigenvalue weighted by Gasteiger charge is -2.12. The van der Waals surface area contributed by atoms with E-state index in [2.05, 4.69) is 20.3 Å². The van der Waals surface area contributed by atoms with Crippen molar-refractivity contribution < 1.29 is 19.2 Å². The Bertz CT molecular complexity index is 628. The largest absolute Gasteiger partial charge is 0.387 e. The molecule has 7 nitrogen and oxygen atoms in total. The molecule has 8 heteroatoms. The summed E-state index contributed by atoms with van der Waals surface area (Å²) in [5.74, 6) is -1.59. The topological polar surface area (TPSA) is 104 Å². The van der Waals surface area contributed by atoms with Gasteiger partial charge in [0.15, 0.2) is 5.82 Å². The minimum atomic E-state index is -0.889. The van der Waals surface area contributed by atoms with Crippen molar-refractivity contribution in [3.8, 4) is 0 Å². The highest BCUT2D eigenvalue weighted by Gasteiger charge is 2.16. The van der Waals surface area contributed by atoms with Gasteiger partial charge in [-0.1, -0.05) is 17.3 Å². The Kier molecular flexibility index (Phi) is 5.56. The fourth-order valence-corrected chi connectivity index (χ4v) is 2.07. The van der Waals surface area contributed by atoms with Gasteiger partial charge in [0, 0.05) is 17.5 Å². The van der Waals surface area contributed by atoms with Crippen molar-refractivity contribution >= 4 is 29.4 Å². The summed E-state index contributed by atoms with van der Waals surface area (Å²) >= 11 is 1.60. The molecule has 0 aliphatic heterocycles. The third-order valence-corrected chi connectivity index (χ3v) is 3.59. The van der Waals surface area contributed by atoms with Gasteiger partial charge in [-0.15, -0.1) is 11.8 Å². The average molecular weight is 321 g/mol. The minimum Gasteiger partial charge on any atom is -0.387 e. The number of carbonyl (C=O) groups excluding carboxylic acids is 2. The highest BCUT2D eigenvalue weighted by Crippen LogP contribution is 2.18. The summed E-state index contributed by atoms with van der Waals surface area (Å²) in [4.78, 5) is 24.2. The van der Waals surface area contributed by atoms with Crippen LogP contribution in [0.5, 0.6) is 0 Å². The van der Waals surface area contributed by atoms with E-state index in [1.54, 1.807) is 23.9 Å². The number of hydrogen-bond acceptors (Lipinski definition) is 6. The van der Waals surface area contributed by atoms with Crippen LogP contribution in [0.15, 0.2) is 46.0 Å². The number of nitrogens with one attached hydrogen (secondary N) is 2. The number of hydrogen-bond donors (Lipinski definition) is 3. The van der Waals surface area contributed by atoms with Crippen LogP contribution in [-0.4, -0.2) is 34.9 Å². The van der Waals surface area contributed by atoms with Gasteiger partial charge in [-0.3, -0.25) is 14.9 Å². The molecule has 2 amide bonds. The number of amides is 2. The molecule has 0 spiro atoms. The van der Waals surface area contributed by atoms with Gasteiger partial charge in [0.1, 0.15) is 6.26 Å². The van der Waals surface area contributed by atoms with Gasteiger partial charge in [0.05, 0.1) is 6.10 Å². The van der Waals surface area contributed by atoms with Crippen LogP contribution in [0.4, 0.5) is 5.82 Å². The number of carbonyl (C=O) groups is 2. The first-order valence-electron chi connectivity index (χ1n) is 6.41. The standard InChI is InChI=1S/C14H15N3O4S/c1-22-10-4-2-9(3-5-10)11(18)8-15-13(19)14(20)16-12-6-7-21-17-12/h2-7,11,18H,8H2,1H3,(H,15,19)(H,16,17,20)/t11-/m1/s1. The van der Waals surface area contributed by atoms with Crippen LogP contribution in [0.3, 0.4) is 0 Å². The summed E-state index contributed by atoms with van der Waals surface area (Å²) in [6.07, 6.45) is 2.34. The molecule has 2 rings (SSSR count).